The standard InChI is InChI=1S/C27H24N4O3S/c1-15-20(26(32)34-14-16-8-4-3-5-9-16)22(23-24(28)30-27(35)31-25(23)29-15)21-18-11-7-6-10-17(18)12-13-19(21)33-2/h3-13,22H,14H2,1-2H3,(H4,28,29,30,31,35). The summed E-state index contributed by atoms with van der Waals surface area (Å²) in [5.74, 6) is 0.405. The van der Waals surface area contributed by atoms with E-state index >= 15 is 0 Å². The predicted molar refractivity (Wildman–Crippen MR) is 139 cm³/mol. The molecule has 7 nitrogen and oxygen atoms in total. The van der Waals surface area contributed by atoms with E-state index in [1.807, 2.05) is 73.7 Å². The van der Waals surface area contributed by atoms with Crippen molar-refractivity contribution < 1.29 is 14.3 Å². The van der Waals surface area contributed by atoms with Crippen molar-refractivity contribution in [3.63, 3.8) is 0 Å². The molecule has 0 amide bonds. The van der Waals surface area contributed by atoms with Gasteiger partial charge in [-0.15, -0.1) is 0 Å². The third-order valence-corrected chi connectivity index (χ3v) is 6.35. The first-order chi connectivity index (χ1) is 17.0. The number of allylic oxidation sites excluding steroid dienone is 1. The number of rotatable bonds is 5. The zero-order chi connectivity index (χ0) is 24.5. The van der Waals surface area contributed by atoms with Crippen LogP contribution in [-0.2, 0) is 16.1 Å². The number of nitrogens with two attached hydrogens (primary N) is 1. The van der Waals surface area contributed by atoms with Crippen molar-refractivity contribution in [3.05, 3.63) is 99.5 Å². The first kappa shape index (κ1) is 22.6. The summed E-state index contributed by atoms with van der Waals surface area (Å²) >= 11 is 5.26. The fourth-order valence-corrected chi connectivity index (χ4v) is 4.81. The highest BCUT2D eigenvalue weighted by Gasteiger charge is 2.38. The van der Waals surface area contributed by atoms with Crippen LogP contribution in [0.5, 0.6) is 5.75 Å². The van der Waals surface area contributed by atoms with Crippen molar-refractivity contribution in [3.8, 4) is 5.75 Å². The molecule has 35 heavy (non-hydrogen) atoms. The minimum Gasteiger partial charge on any atom is -0.496 e. The molecule has 1 aliphatic rings. The predicted octanol–water partition coefficient (Wildman–Crippen LogP) is 5.46. The Labute approximate surface area is 207 Å². The van der Waals surface area contributed by atoms with Crippen molar-refractivity contribution in [1.82, 2.24) is 9.97 Å². The number of nitrogens with one attached hydrogen (secondary N) is 2. The van der Waals surface area contributed by atoms with Gasteiger partial charge in [-0.1, -0.05) is 60.7 Å². The molecule has 0 saturated heterocycles. The summed E-state index contributed by atoms with van der Waals surface area (Å²) < 4.78 is 11.8. The number of nitrogen functional groups attached to an aromatic ring is 1. The minimum absolute atomic E-state index is 0.146. The maximum atomic E-state index is 13.6. The highest BCUT2D eigenvalue weighted by Crippen LogP contribution is 2.48. The normalized spacial score (nSPS) is 14.9. The highest BCUT2D eigenvalue weighted by molar-refractivity contribution is 7.71. The largest absolute Gasteiger partial charge is 0.496 e. The van der Waals surface area contributed by atoms with Crippen LogP contribution in [0.4, 0.5) is 11.6 Å². The van der Waals surface area contributed by atoms with E-state index in [-0.39, 0.29) is 11.4 Å². The molecule has 3 aromatic carbocycles. The number of hydrogen-bond acceptors (Lipinski definition) is 7. The number of H-pyrrole nitrogens is 1. The van der Waals surface area contributed by atoms with E-state index in [1.165, 1.54) is 0 Å². The molecule has 0 aliphatic carbocycles. The van der Waals surface area contributed by atoms with E-state index in [1.54, 1.807) is 7.11 Å². The van der Waals surface area contributed by atoms with E-state index < -0.39 is 11.9 Å². The molecule has 1 atom stereocenters. The monoisotopic (exact) mass is 484 g/mol. The lowest BCUT2D eigenvalue weighted by Crippen LogP contribution is -2.27. The van der Waals surface area contributed by atoms with Gasteiger partial charge >= 0.3 is 5.97 Å². The molecule has 8 heteroatoms. The smallest absolute Gasteiger partial charge is 0.337 e. The third kappa shape index (κ3) is 4.13. The van der Waals surface area contributed by atoms with Crippen molar-refractivity contribution in [1.29, 1.82) is 0 Å². The molecular formula is C27H24N4O3S. The molecule has 176 valence electrons. The zero-order valence-electron chi connectivity index (χ0n) is 19.3. The van der Waals surface area contributed by atoms with Crippen LogP contribution < -0.4 is 15.8 Å². The molecule has 2 heterocycles. The Morgan fingerprint density at radius 3 is 2.57 bits per heavy atom. The van der Waals surface area contributed by atoms with Gasteiger partial charge in [0, 0.05) is 16.8 Å². The van der Waals surface area contributed by atoms with E-state index in [2.05, 4.69) is 15.3 Å². The Morgan fingerprint density at radius 1 is 1.06 bits per heavy atom. The first-order valence-electron chi connectivity index (χ1n) is 11.1. The van der Waals surface area contributed by atoms with Gasteiger partial charge in [-0.05, 0) is 41.5 Å². The Morgan fingerprint density at radius 2 is 1.80 bits per heavy atom. The third-order valence-electron chi connectivity index (χ3n) is 6.16. The number of aromatic nitrogens is 2. The summed E-state index contributed by atoms with van der Waals surface area (Å²) in [5.41, 5.74) is 9.82. The zero-order valence-corrected chi connectivity index (χ0v) is 20.1. The Kier molecular flexibility index (Phi) is 5.96. The maximum absolute atomic E-state index is 13.6. The SMILES string of the molecule is COc1ccc2ccccc2c1C1C(C(=O)OCc2ccccc2)=C(C)Nc2nc(=S)[nH]c(N)c21. The van der Waals surface area contributed by atoms with Gasteiger partial charge in [-0.3, -0.25) is 0 Å². The van der Waals surface area contributed by atoms with E-state index in [9.17, 15) is 4.79 Å². The van der Waals surface area contributed by atoms with Gasteiger partial charge < -0.3 is 25.5 Å². The van der Waals surface area contributed by atoms with Gasteiger partial charge in [0.15, 0.2) is 4.77 Å². The fourth-order valence-electron chi connectivity index (χ4n) is 4.60. The Balaban J connectivity index is 1.72. The fraction of sp³-hybridized carbons (Fsp3) is 0.148. The lowest BCUT2D eigenvalue weighted by molar-refractivity contribution is -0.140. The quantitative estimate of drug-likeness (QED) is 0.255. The van der Waals surface area contributed by atoms with E-state index in [4.69, 9.17) is 27.4 Å². The van der Waals surface area contributed by atoms with Crippen molar-refractivity contribution >= 4 is 40.6 Å². The number of methoxy groups -OCH3 is 1. The Bertz CT molecular complexity index is 1530. The number of carbonyl (C=O) groups is 1. The van der Waals surface area contributed by atoms with Crippen LogP contribution in [0.2, 0.25) is 0 Å². The molecule has 5 rings (SSSR count). The summed E-state index contributed by atoms with van der Waals surface area (Å²) in [6, 6.07) is 21.4. The summed E-state index contributed by atoms with van der Waals surface area (Å²) in [6.45, 7) is 1.97. The lowest BCUT2D eigenvalue weighted by atomic mass is 9.79. The summed E-state index contributed by atoms with van der Waals surface area (Å²) in [6.07, 6.45) is 0. The van der Waals surface area contributed by atoms with Crippen LogP contribution in [0, 0.1) is 4.77 Å². The molecule has 0 saturated carbocycles. The maximum Gasteiger partial charge on any atom is 0.337 e. The van der Waals surface area contributed by atoms with E-state index in [0.717, 1.165) is 21.9 Å². The number of anilines is 2. The average molecular weight is 485 g/mol. The van der Waals surface area contributed by atoms with Gasteiger partial charge in [0.05, 0.1) is 18.6 Å². The number of esters is 1. The number of carbonyl (C=O) groups excluding carboxylic acids is 1. The number of nitrogens with zero attached hydrogens (tertiary/aromatic N) is 1. The van der Waals surface area contributed by atoms with Gasteiger partial charge in [0.1, 0.15) is 24.0 Å². The average Bonchev–Trinajstić information content (AvgIpc) is 2.86. The number of ether oxygens (including phenoxy) is 2. The van der Waals surface area contributed by atoms with Gasteiger partial charge in [-0.2, -0.15) is 0 Å². The number of fused-ring (bicyclic) bond motifs is 2. The van der Waals surface area contributed by atoms with Gasteiger partial charge in [0.25, 0.3) is 0 Å². The molecule has 0 spiro atoms. The van der Waals surface area contributed by atoms with Crippen LogP contribution in [-0.4, -0.2) is 23.0 Å². The van der Waals surface area contributed by atoms with Crippen LogP contribution in [0.25, 0.3) is 10.8 Å². The molecule has 0 fully saturated rings. The van der Waals surface area contributed by atoms with E-state index in [0.29, 0.717) is 34.2 Å². The highest BCUT2D eigenvalue weighted by atomic mass is 32.1. The second-order valence-corrected chi connectivity index (χ2v) is 8.67. The van der Waals surface area contributed by atoms with Crippen molar-refractivity contribution in [2.45, 2.75) is 19.4 Å². The molecule has 1 aromatic heterocycles. The first-order valence-corrected chi connectivity index (χ1v) is 11.5. The topological polar surface area (TPSA) is 102 Å². The number of aromatic amines is 1. The summed E-state index contributed by atoms with van der Waals surface area (Å²) in [5, 5.41) is 5.16. The molecule has 4 N–H and O–H groups in total. The van der Waals surface area contributed by atoms with Gasteiger partial charge in [0.2, 0.25) is 0 Å². The minimum atomic E-state index is -0.602. The molecule has 0 radical (unpaired) electrons. The van der Waals surface area contributed by atoms with Crippen molar-refractivity contribution in [2.24, 2.45) is 0 Å². The number of benzene rings is 3. The number of hydrogen-bond donors (Lipinski definition) is 3. The van der Waals surface area contributed by atoms with Crippen LogP contribution in [0.1, 0.15) is 29.5 Å². The lowest BCUT2D eigenvalue weighted by Gasteiger charge is -2.31. The van der Waals surface area contributed by atoms with Crippen LogP contribution >= 0.6 is 12.2 Å². The molecule has 0 bridgehead atoms. The summed E-state index contributed by atoms with van der Waals surface area (Å²) in [7, 11) is 1.61. The van der Waals surface area contributed by atoms with Gasteiger partial charge in [-0.25, -0.2) is 9.78 Å². The Hall–Kier alpha value is -4.17. The second-order valence-electron chi connectivity index (χ2n) is 8.28. The molecule has 1 aliphatic heterocycles. The molecule has 1 unspecified atom stereocenters. The van der Waals surface area contributed by atoms with Crippen LogP contribution in [0.15, 0.2) is 78.0 Å². The summed E-state index contributed by atoms with van der Waals surface area (Å²) in [4.78, 5) is 21.0. The molecule has 4 aromatic rings. The van der Waals surface area contributed by atoms with Crippen LogP contribution in [0.3, 0.4) is 0 Å². The second kappa shape index (κ2) is 9.23. The molecular weight excluding hydrogens is 460 g/mol. The van der Waals surface area contributed by atoms with Crippen molar-refractivity contribution in [2.75, 3.05) is 18.2 Å².